The predicted molar refractivity (Wildman–Crippen MR) is 438 cm³/mol. The lowest BCUT2D eigenvalue weighted by Crippen LogP contribution is -2.61. The van der Waals surface area contributed by atoms with Crippen molar-refractivity contribution in [2.75, 3.05) is 46.4 Å². The molecule has 1 saturated heterocycles. The SMILES string of the molecule is CC(=O)N[C@H](Cc1ccc2ccccc2c1)C(=O)N[C@H](Cc1ccc(Cl)cc1)C(=O)N[C@H](Cc1cccnc1)C(=O)N[C@@H](CO)C(=O)N[C@@H](CCCCNC(=O)CN(C)C(=O)c1ccccn1)C(=O)N[C@H](CCCCNC(=O)c1ccccn1)C(=O)N[C@@H](CC(C)C)C(=O)N[C@@H](CCCNC(=N)N)C(=O)N1CCC[C@H]1C(=O)N[C@H](C)C(N)=O. The van der Waals surface area contributed by atoms with Gasteiger partial charge in [0.2, 0.25) is 70.9 Å². The number of unbranched alkanes of at least 4 members (excludes halogenated alkanes) is 2. The minimum absolute atomic E-state index is 0.00924. The number of fused-ring (bicyclic) bond motifs is 1. The first kappa shape index (κ1) is 92.6. The number of pyridine rings is 3. The maximum atomic E-state index is 15.2. The Bertz CT molecular complexity index is 4440. The van der Waals surface area contributed by atoms with Gasteiger partial charge in [0.1, 0.15) is 71.8 Å². The molecule has 6 aromatic rings. The number of aromatic nitrogens is 3. The molecule has 7 rings (SSSR count). The van der Waals surface area contributed by atoms with Crippen molar-refractivity contribution in [1.82, 2.24) is 88.6 Å². The Hall–Kier alpha value is -12.5. The van der Waals surface area contributed by atoms with Crippen LogP contribution in [-0.2, 0) is 76.8 Å². The van der Waals surface area contributed by atoms with E-state index in [1.54, 1.807) is 74.5 Å². The number of primary amides is 1. The van der Waals surface area contributed by atoms with Gasteiger partial charge < -0.3 is 90.2 Å². The van der Waals surface area contributed by atoms with Crippen LogP contribution in [0.15, 0.2) is 140 Å². The topological polar surface area (TPSA) is 525 Å². The third-order valence-electron chi connectivity index (χ3n) is 19.3. The van der Waals surface area contributed by atoms with Crippen LogP contribution in [0.5, 0.6) is 0 Å². The normalized spacial score (nSPS) is 14.6. The molecule has 10 atom stereocenters. The van der Waals surface area contributed by atoms with Gasteiger partial charge in [-0.05, 0) is 153 Å². The van der Waals surface area contributed by atoms with Gasteiger partial charge in [-0.2, -0.15) is 0 Å². The lowest BCUT2D eigenvalue weighted by atomic mass is 9.99. The lowest BCUT2D eigenvalue weighted by Gasteiger charge is -2.31. The predicted octanol–water partition coefficient (Wildman–Crippen LogP) is 0.546. The standard InChI is InChI=1S/C82H107ClN20O15/c1-49(2)41-63(74(111)97-62(26-17-39-92-82(85)86)81(118)103-40-18-27-68(103)79(116)93-50(3)70(84)107)98-73(110)60(24-10-15-38-91-71(108)58-22-8-12-35-88-58)95-72(109)59(23-9-14-37-90-69(106)47-102(5)80(117)61-25-11-13-36-89-61)96-78(115)67(48-104)101-77(114)66(45-54-19-16-34-87-46-54)100-76(113)65(43-52-29-32-57(83)33-30-52)99-75(112)64(94-51(4)105)44-53-28-31-55-20-6-7-21-56(55)42-53/h6-8,11-13,16,19-22,25,28-36,42,46,49-50,59-60,62-68,104H,9-10,14-15,17-18,23-24,26-27,37-41,43-45,47-48H2,1-5H3,(H2,84,107)(H,90,106)(H,91,108)(H,93,116)(H,94,105)(H,95,109)(H,96,115)(H,97,111)(H,98,110)(H,99,112)(H,100,113)(H,101,114)(H4,85,86,92)/t50-,59+,60-,62+,63+,64-,65-,66-,67+,68+/m1/s1. The molecule has 18 N–H and O–H groups in total. The van der Waals surface area contributed by atoms with Crippen LogP contribution in [0.4, 0.5) is 0 Å². The number of aliphatic hydroxyl groups excluding tert-OH is 1. The molecule has 35 nitrogen and oxygen atoms in total. The molecule has 36 heteroatoms. The molecule has 1 aliphatic rings. The number of likely N-dealkylation sites (tertiary alicyclic amines) is 1. The molecule has 632 valence electrons. The summed E-state index contributed by atoms with van der Waals surface area (Å²) in [7, 11) is 1.42. The van der Waals surface area contributed by atoms with Gasteiger partial charge in [-0.1, -0.05) is 98.2 Å². The van der Waals surface area contributed by atoms with Crippen molar-refractivity contribution in [3.63, 3.8) is 0 Å². The van der Waals surface area contributed by atoms with E-state index in [1.807, 2.05) is 42.5 Å². The van der Waals surface area contributed by atoms with E-state index in [-0.39, 0.29) is 139 Å². The van der Waals surface area contributed by atoms with Crippen LogP contribution in [0.25, 0.3) is 10.8 Å². The van der Waals surface area contributed by atoms with E-state index in [2.05, 4.69) is 78.8 Å². The van der Waals surface area contributed by atoms with E-state index < -0.39 is 150 Å². The summed E-state index contributed by atoms with van der Waals surface area (Å²) in [6.45, 7) is 4.97. The summed E-state index contributed by atoms with van der Waals surface area (Å²) < 4.78 is 0. The van der Waals surface area contributed by atoms with Crippen molar-refractivity contribution in [3.8, 4) is 0 Å². The van der Waals surface area contributed by atoms with Crippen molar-refractivity contribution < 1.29 is 72.2 Å². The fourth-order valence-corrected chi connectivity index (χ4v) is 13.2. The molecule has 1 fully saturated rings. The Balaban J connectivity index is 1.16. The average molecular weight is 1650 g/mol. The molecule has 0 aliphatic carbocycles. The number of hydrogen-bond donors (Lipinski definition) is 16. The zero-order chi connectivity index (χ0) is 85.8. The maximum absolute atomic E-state index is 15.2. The summed E-state index contributed by atoms with van der Waals surface area (Å²) in [5.41, 5.74) is 12.9. The molecule has 3 aromatic carbocycles. The van der Waals surface area contributed by atoms with Crippen molar-refractivity contribution in [3.05, 3.63) is 173 Å². The van der Waals surface area contributed by atoms with E-state index in [4.69, 9.17) is 28.5 Å². The highest BCUT2D eigenvalue weighted by molar-refractivity contribution is 6.30. The van der Waals surface area contributed by atoms with Gasteiger partial charge in [-0.25, -0.2) is 0 Å². The van der Waals surface area contributed by atoms with Crippen molar-refractivity contribution in [2.45, 2.75) is 178 Å². The highest BCUT2D eigenvalue weighted by atomic mass is 35.5. The van der Waals surface area contributed by atoms with E-state index in [0.717, 1.165) is 10.8 Å². The minimum Gasteiger partial charge on any atom is -0.394 e. The number of hydrogen-bond acceptors (Lipinski definition) is 19. The van der Waals surface area contributed by atoms with Gasteiger partial charge in [-0.3, -0.25) is 87.5 Å². The number of carbonyl (C=O) groups is 14. The Kier molecular flexibility index (Phi) is 37.3. The fraction of sp³-hybridized carbons (Fsp3) is 0.439. The third kappa shape index (κ3) is 30.6. The third-order valence-corrected chi connectivity index (χ3v) is 19.6. The van der Waals surface area contributed by atoms with Crippen LogP contribution in [0.3, 0.4) is 0 Å². The number of nitrogens with one attached hydrogen (secondary N) is 13. The number of guanidine groups is 1. The minimum atomic E-state index is -1.88. The number of rotatable bonds is 46. The van der Waals surface area contributed by atoms with Crippen LogP contribution in [0.2, 0.25) is 5.02 Å². The molecule has 0 unspecified atom stereocenters. The molecule has 118 heavy (non-hydrogen) atoms. The molecule has 3 aromatic heterocycles. The molecule has 14 amide bonds. The second-order valence-electron chi connectivity index (χ2n) is 29.3. The molecule has 0 radical (unpaired) electrons. The van der Waals surface area contributed by atoms with Gasteiger partial charge in [0.25, 0.3) is 11.8 Å². The summed E-state index contributed by atoms with van der Waals surface area (Å²) in [5, 5.41) is 53.3. The first-order valence-electron chi connectivity index (χ1n) is 39.2. The van der Waals surface area contributed by atoms with Crippen LogP contribution in [-0.4, -0.2) is 225 Å². The Morgan fingerprint density at radius 2 is 1.04 bits per heavy atom. The zero-order valence-corrected chi connectivity index (χ0v) is 67.5. The molecular formula is C82H107ClN20O15. The number of amides is 14. The van der Waals surface area contributed by atoms with Crippen LogP contribution < -0.4 is 75.3 Å². The number of aliphatic hydroxyl groups is 1. The van der Waals surface area contributed by atoms with Crippen molar-refractivity contribution in [1.29, 1.82) is 5.41 Å². The Morgan fingerprint density at radius 1 is 0.534 bits per heavy atom. The second kappa shape index (κ2) is 47.5. The zero-order valence-electron chi connectivity index (χ0n) is 66.7. The first-order chi connectivity index (χ1) is 56.5. The number of halogens is 1. The van der Waals surface area contributed by atoms with Crippen molar-refractivity contribution in [2.24, 2.45) is 17.4 Å². The number of nitrogens with zero attached hydrogens (tertiary/aromatic N) is 5. The van der Waals surface area contributed by atoms with Crippen LogP contribution in [0, 0.1) is 11.3 Å². The number of nitrogens with two attached hydrogens (primary N) is 2. The molecular weight excluding hydrogens is 1540 g/mol. The number of carbonyl (C=O) groups excluding carboxylic acids is 14. The highest BCUT2D eigenvalue weighted by Crippen LogP contribution is 2.22. The van der Waals surface area contributed by atoms with Crippen LogP contribution >= 0.6 is 11.6 Å². The highest BCUT2D eigenvalue weighted by Gasteiger charge is 2.41. The van der Waals surface area contributed by atoms with E-state index in [1.165, 1.54) is 67.6 Å². The summed E-state index contributed by atoms with van der Waals surface area (Å²) in [6.07, 6.45) is 6.18. The van der Waals surface area contributed by atoms with Gasteiger partial charge in [-0.15, -0.1) is 0 Å². The summed E-state index contributed by atoms with van der Waals surface area (Å²) in [5.74, 6) is -11.4. The lowest BCUT2D eigenvalue weighted by molar-refractivity contribution is -0.142. The summed E-state index contributed by atoms with van der Waals surface area (Å²) >= 11 is 6.27. The monoisotopic (exact) mass is 1650 g/mol. The van der Waals surface area contributed by atoms with E-state index in [0.29, 0.717) is 28.1 Å². The number of likely N-dealkylation sites (N-methyl/N-ethyl adjacent to an activating group) is 1. The maximum Gasteiger partial charge on any atom is 0.272 e. The molecule has 1 aliphatic heterocycles. The van der Waals surface area contributed by atoms with Crippen LogP contribution in [0.1, 0.15) is 136 Å². The Labute approximate surface area is 688 Å². The smallest absolute Gasteiger partial charge is 0.272 e. The van der Waals surface area contributed by atoms with Crippen molar-refractivity contribution >= 4 is 111 Å². The van der Waals surface area contributed by atoms with Gasteiger partial charge in [0.05, 0.1) is 13.2 Å². The number of benzene rings is 3. The summed E-state index contributed by atoms with van der Waals surface area (Å²) in [4.78, 5) is 211. The average Bonchev–Trinajstić information content (AvgIpc) is 1.53. The van der Waals surface area contributed by atoms with E-state index in [9.17, 15) is 62.6 Å². The van der Waals surface area contributed by atoms with Gasteiger partial charge in [0, 0.05) is 89.2 Å². The quantitative estimate of drug-likeness (QED) is 0.0141. The first-order valence-corrected chi connectivity index (χ1v) is 39.6. The summed E-state index contributed by atoms with van der Waals surface area (Å²) in [6, 6.07) is 18.2. The van der Waals surface area contributed by atoms with E-state index >= 15 is 9.59 Å². The molecule has 0 saturated carbocycles. The largest absolute Gasteiger partial charge is 0.394 e. The van der Waals surface area contributed by atoms with Gasteiger partial charge >= 0.3 is 0 Å². The second-order valence-corrected chi connectivity index (χ2v) is 29.7. The van der Waals surface area contributed by atoms with Gasteiger partial charge in [0.15, 0.2) is 5.96 Å². The fourth-order valence-electron chi connectivity index (χ4n) is 13.1. The molecule has 0 spiro atoms. The molecule has 4 heterocycles. The molecule has 0 bridgehead atoms. The Morgan fingerprint density at radius 3 is 1.62 bits per heavy atom.